The fraction of sp³-hybridized carbons (Fsp3) is 0.238. The number of amides is 2. The van der Waals surface area contributed by atoms with E-state index in [9.17, 15) is 14.0 Å². The molecule has 0 unspecified atom stereocenters. The highest BCUT2D eigenvalue weighted by molar-refractivity contribution is 9.10. The van der Waals surface area contributed by atoms with Crippen molar-refractivity contribution in [1.29, 1.82) is 0 Å². The van der Waals surface area contributed by atoms with Gasteiger partial charge in [-0.15, -0.1) is 0 Å². The van der Waals surface area contributed by atoms with Crippen LogP contribution in [0.2, 0.25) is 0 Å². The summed E-state index contributed by atoms with van der Waals surface area (Å²) in [7, 11) is 1.71. The van der Waals surface area contributed by atoms with Crippen LogP contribution in [0.15, 0.2) is 53.4 Å². The molecule has 0 fully saturated rings. The molecular formula is C21H19BrFN5O2. The minimum Gasteiger partial charge on any atom is -0.324 e. The molecule has 0 aliphatic carbocycles. The third-order valence-electron chi connectivity index (χ3n) is 5.08. The van der Waals surface area contributed by atoms with Gasteiger partial charge in [-0.25, -0.2) is 9.78 Å². The van der Waals surface area contributed by atoms with E-state index in [-0.39, 0.29) is 5.91 Å². The number of nitrogens with zero attached hydrogens (tertiary/aromatic N) is 4. The summed E-state index contributed by atoms with van der Waals surface area (Å²) in [6, 6.07) is 7.63. The molecule has 1 aliphatic rings. The van der Waals surface area contributed by atoms with Crippen LogP contribution in [0.1, 0.15) is 23.1 Å². The molecule has 154 valence electrons. The van der Waals surface area contributed by atoms with Crippen LogP contribution in [-0.4, -0.2) is 39.8 Å². The van der Waals surface area contributed by atoms with Crippen molar-refractivity contribution >= 4 is 33.6 Å². The molecule has 9 heteroatoms. The Morgan fingerprint density at radius 2 is 2.10 bits per heavy atom. The number of likely N-dealkylation sites (N-methyl/N-ethyl adjacent to an activating group) is 1. The number of aromatic nitrogens is 3. The van der Waals surface area contributed by atoms with Crippen LogP contribution in [0.5, 0.6) is 0 Å². The highest BCUT2D eigenvalue weighted by atomic mass is 79.9. The lowest BCUT2D eigenvalue weighted by Crippen LogP contribution is -2.48. The number of hydrogen-bond acceptors (Lipinski definition) is 4. The molecule has 3 aromatic rings. The van der Waals surface area contributed by atoms with Crippen molar-refractivity contribution in [2.24, 2.45) is 0 Å². The summed E-state index contributed by atoms with van der Waals surface area (Å²) in [5.41, 5.74) is 3.47. The van der Waals surface area contributed by atoms with Gasteiger partial charge < -0.3 is 10.2 Å². The molecule has 2 aromatic heterocycles. The summed E-state index contributed by atoms with van der Waals surface area (Å²) < 4.78 is 15.0. The predicted octanol–water partition coefficient (Wildman–Crippen LogP) is 3.31. The van der Waals surface area contributed by atoms with Gasteiger partial charge in [0.25, 0.3) is 0 Å². The second-order valence-corrected chi connectivity index (χ2v) is 8.09. The first kappa shape index (κ1) is 20.2. The Labute approximate surface area is 181 Å². The van der Waals surface area contributed by atoms with Gasteiger partial charge in [-0.05, 0) is 47.7 Å². The van der Waals surface area contributed by atoms with Crippen molar-refractivity contribution in [3.05, 3.63) is 76.0 Å². The first-order valence-corrected chi connectivity index (χ1v) is 10.2. The van der Waals surface area contributed by atoms with Crippen LogP contribution < -0.4 is 10.2 Å². The maximum absolute atomic E-state index is 12.9. The van der Waals surface area contributed by atoms with Crippen molar-refractivity contribution in [3.63, 3.8) is 0 Å². The number of fused-ring (bicyclic) bond motifs is 1. The fourth-order valence-corrected chi connectivity index (χ4v) is 3.84. The molecular weight excluding hydrogens is 453 g/mol. The smallest absolute Gasteiger partial charge is 0.324 e. The SMILES string of the molecule is CN1C(=O)[C@@H](NC(=O)n2cc(Cc3ccc(F)nc3)cn2)CCc2ccc(Br)cc21. The zero-order chi connectivity index (χ0) is 21.3. The largest absolute Gasteiger partial charge is 0.342 e. The van der Waals surface area contributed by atoms with Crippen molar-refractivity contribution in [1.82, 2.24) is 20.1 Å². The van der Waals surface area contributed by atoms with E-state index in [4.69, 9.17) is 0 Å². The van der Waals surface area contributed by atoms with Gasteiger partial charge in [-0.3, -0.25) is 4.79 Å². The summed E-state index contributed by atoms with van der Waals surface area (Å²) in [6.45, 7) is 0. The summed E-state index contributed by atoms with van der Waals surface area (Å²) in [4.78, 5) is 30.8. The minimum atomic E-state index is -0.650. The molecule has 7 nitrogen and oxygen atoms in total. The monoisotopic (exact) mass is 471 g/mol. The van der Waals surface area contributed by atoms with Crippen molar-refractivity contribution in [2.45, 2.75) is 25.3 Å². The number of nitrogens with one attached hydrogen (secondary N) is 1. The van der Waals surface area contributed by atoms with Crippen LogP contribution in [0.25, 0.3) is 0 Å². The molecule has 1 N–H and O–H groups in total. The Hall–Kier alpha value is -3.07. The molecule has 1 atom stereocenters. The summed E-state index contributed by atoms with van der Waals surface area (Å²) in [5.74, 6) is -0.716. The summed E-state index contributed by atoms with van der Waals surface area (Å²) in [5, 5.41) is 6.88. The fourth-order valence-electron chi connectivity index (χ4n) is 3.49. The lowest BCUT2D eigenvalue weighted by molar-refractivity contribution is -0.120. The van der Waals surface area contributed by atoms with Gasteiger partial charge in [0.05, 0.1) is 6.20 Å². The third kappa shape index (κ3) is 4.25. The minimum absolute atomic E-state index is 0.176. The molecule has 3 heterocycles. The third-order valence-corrected chi connectivity index (χ3v) is 5.57. The number of rotatable bonds is 3. The van der Waals surface area contributed by atoms with E-state index in [1.54, 1.807) is 30.4 Å². The summed E-state index contributed by atoms with van der Waals surface area (Å²) in [6.07, 6.45) is 6.25. The second kappa shape index (κ2) is 8.35. The van der Waals surface area contributed by atoms with Gasteiger partial charge in [0.1, 0.15) is 6.04 Å². The average Bonchev–Trinajstić information content (AvgIpc) is 3.17. The Morgan fingerprint density at radius 1 is 1.27 bits per heavy atom. The van der Waals surface area contributed by atoms with Gasteiger partial charge in [-0.2, -0.15) is 14.2 Å². The molecule has 0 spiro atoms. The molecule has 1 aromatic carbocycles. The Morgan fingerprint density at radius 3 is 2.87 bits per heavy atom. The van der Waals surface area contributed by atoms with Crippen molar-refractivity contribution < 1.29 is 14.0 Å². The Bertz CT molecular complexity index is 1100. The average molecular weight is 472 g/mol. The van der Waals surface area contributed by atoms with E-state index in [2.05, 4.69) is 31.3 Å². The quantitative estimate of drug-likeness (QED) is 0.594. The van der Waals surface area contributed by atoms with E-state index >= 15 is 0 Å². The number of aryl methyl sites for hydroxylation is 1. The van der Waals surface area contributed by atoms with E-state index in [0.717, 1.165) is 26.9 Å². The van der Waals surface area contributed by atoms with E-state index < -0.39 is 18.0 Å². The van der Waals surface area contributed by atoms with Crippen LogP contribution in [0.3, 0.4) is 0 Å². The van der Waals surface area contributed by atoms with Crippen LogP contribution in [-0.2, 0) is 17.6 Å². The van der Waals surface area contributed by atoms with Crippen molar-refractivity contribution in [3.8, 4) is 0 Å². The van der Waals surface area contributed by atoms with Gasteiger partial charge >= 0.3 is 6.03 Å². The van der Waals surface area contributed by atoms with Gasteiger partial charge in [-0.1, -0.05) is 28.1 Å². The zero-order valence-electron chi connectivity index (χ0n) is 16.2. The number of carbonyl (C=O) groups is 2. The maximum atomic E-state index is 12.9. The van der Waals surface area contributed by atoms with Crippen LogP contribution in [0, 0.1) is 5.95 Å². The van der Waals surface area contributed by atoms with Gasteiger partial charge in [0, 0.05) is 36.0 Å². The molecule has 4 rings (SSSR count). The highest BCUT2D eigenvalue weighted by Gasteiger charge is 2.29. The number of benzene rings is 1. The number of halogens is 2. The number of anilines is 1. The molecule has 0 radical (unpaired) electrons. The van der Waals surface area contributed by atoms with E-state index in [1.807, 2.05) is 18.2 Å². The first-order chi connectivity index (χ1) is 14.4. The van der Waals surface area contributed by atoms with E-state index in [1.165, 1.54) is 16.9 Å². The zero-order valence-corrected chi connectivity index (χ0v) is 17.8. The number of carbonyl (C=O) groups excluding carboxylic acids is 2. The molecule has 0 saturated heterocycles. The van der Waals surface area contributed by atoms with Gasteiger partial charge in [0.15, 0.2) is 0 Å². The number of pyridine rings is 1. The second-order valence-electron chi connectivity index (χ2n) is 7.17. The molecule has 0 bridgehead atoms. The highest BCUT2D eigenvalue weighted by Crippen LogP contribution is 2.29. The topological polar surface area (TPSA) is 80.1 Å². The lowest BCUT2D eigenvalue weighted by Gasteiger charge is -2.22. The normalized spacial score (nSPS) is 16.2. The number of hydrogen-bond donors (Lipinski definition) is 1. The standard InChI is InChI=1S/C21H19BrFN5O2/c1-27-18-9-16(22)5-3-15(18)4-6-17(20(27)29)26-21(30)28-12-14(11-25-28)8-13-2-7-19(23)24-10-13/h2-3,5,7,9-12,17H,4,6,8H2,1H3,(H,26,30)/t17-/m0/s1. The Kier molecular flexibility index (Phi) is 5.63. The summed E-state index contributed by atoms with van der Waals surface area (Å²) >= 11 is 3.44. The molecule has 2 amide bonds. The molecule has 1 aliphatic heterocycles. The Balaban J connectivity index is 1.44. The van der Waals surface area contributed by atoms with Crippen LogP contribution >= 0.6 is 15.9 Å². The predicted molar refractivity (Wildman–Crippen MR) is 113 cm³/mol. The maximum Gasteiger partial charge on any atom is 0.342 e. The van der Waals surface area contributed by atoms with Gasteiger partial charge in [0.2, 0.25) is 11.9 Å². The lowest BCUT2D eigenvalue weighted by atomic mass is 10.1. The van der Waals surface area contributed by atoms with Crippen LogP contribution in [0.4, 0.5) is 14.9 Å². The van der Waals surface area contributed by atoms with Crippen molar-refractivity contribution in [2.75, 3.05) is 11.9 Å². The molecule has 30 heavy (non-hydrogen) atoms. The van der Waals surface area contributed by atoms with E-state index in [0.29, 0.717) is 19.3 Å². The molecule has 0 saturated carbocycles. The first-order valence-electron chi connectivity index (χ1n) is 9.41.